The van der Waals surface area contributed by atoms with Crippen LogP contribution in [0.4, 0.5) is 5.69 Å². The molecule has 0 radical (unpaired) electrons. The minimum absolute atomic E-state index is 0.0431. The number of ether oxygens (including phenoxy) is 2. The number of ketones is 1. The summed E-state index contributed by atoms with van der Waals surface area (Å²) >= 11 is 0. The lowest BCUT2D eigenvalue weighted by Crippen LogP contribution is -2.29. The highest BCUT2D eigenvalue weighted by Gasteiger charge is 2.46. The van der Waals surface area contributed by atoms with Gasteiger partial charge in [0.05, 0.1) is 25.8 Å². The summed E-state index contributed by atoms with van der Waals surface area (Å²) in [5.74, 6) is -0.356. The first kappa shape index (κ1) is 21.2. The Bertz CT molecular complexity index is 1200. The van der Waals surface area contributed by atoms with Crippen LogP contribution in [0.1, 0.15) is 22.7 Å². The van der Waals surface area contributed by atoms with Crippen molar-refractivity contribution in [2.24, 2.45) is 0 Å². The molecule has 0 aliphatic carbocycles. The normalized spacial score (nSPS) is 17.5. The van der Waals surface area contributed by atoms with E-state index in [4.69, 9.17) is 9.47 Å². The summed E-state index contributed by atoms with van der Waals surface area (Å²) in [6.45, 7) is 1.85. The van der Waals surface area contributed by atoms with Crippen molar-refractivity contribution in [3.8, 4) is 11.5 Å². The number of carbonyl (C=O) groups is 2. The summed E-state index contributed by atoms with van der Waals surface area (Å²) in [6, 6.07) is 20.4. The SMILES string of the molecule is COc1ccc(N2C(=O)C(=O)/C(=C(\O)c3ccc(OC)c(C)c3)C2c2ccccc2)cc1. The summed E-state index contributed by atoms with van der Waals surface area (Å²) in [4.78, 5) is 27.7. The molecule has 1 unspecified atom stereocenters. The molecular formula is C26H23NO5. The number of anilines is 1. The minimum atomic E-state index is -0.771. The van der Waals surface area contributed by atoms with Gasteiger partial charge in [-0.2, -0.15) is 0 Å². The molecule has 1 atom stereocenters. The molecule has 0 saturated carbocycles. The van der Waals surface area contributed by atoms with Gasteiger partial charge in [-0.15, -0.1) is 0 Å². The maximum Gasteiger partial charge on any atom is 0.300 e. The number of benzene rings is 3. The summed E-state index contributed by atoms with van der Waals surface area (Å²) in [7, 11) is 3.12. The number of Topliss-reactive ketones (excluding diaryl/α,β-unsaturated/α-hetero) is 1. The van der Waals surface area contributed by atoms with Crippen molar-refractivity contribution in [3.05, 3.63) is 95.1 Å². The second-order valence-corrected chi connectivity index (χ2v) is 7.46. The number of aliphatic hydroxyl groups is 1. The first-order chi connectivity index (χ1) is 15.5. The maximum absolute atomic E-state index is 13.2. The molecule has 162 valence electrons. The van der Waals surface area contributed by atoms with Gasteiger partial charge < -0.3 is 14.6 Å². The average molecular weight is 429 g/mol. The van der Waals surface area contributed by atoms with Crippen LogP contribution in [0.3, 0.4) is 0 Å². The third-order valence-corrected chi connectivity index (χ3v) is 5.58. The monoisotopic (exact) mass is 429 g/mol. The van der Waals surface area contributed by atoms with Gasteiger partial charge >= 0.3 is 0 Å². The van der Waals surface area contributed by atoms with Crippen LogP contribution in [0.15, 0.2) is 78.4 Å². The third-order valence-electron chi connectivity index (χ3n) is 5.58. The Kier molecular flexibility index (Phi) is 5.69. The molecule has 1 N–H and O–H groups in total. The van der Waals surface area contributed by atoms with Crippen molar-refractivity contribution in [1.82, 2.24) is 0 Å². The van der Waals surface area contributed by atoms with E-state index in [0.717, 1.165) is 5.56 Å². The van der Waals surface area contributed by atoms with Gasteiger partial charge in [0.25, 0.3) is 11.7 Å². The van der Waals surface area contributed by atoms with Crippen LogP contribution in [0.25, 0.3) is 5.76 Å². The molecular weight excluding hydrogens is 406 g/mol. The van der Waals surface area contributed by atoms with Crippen molar-refractivity contribution in [3.63, 3.8) is 0 Å². The van der Waals surface area contributed by atoms with E-state index in [2.05, 4.69) is 0 Å². The smallest absolute Gasteiger partial charge is 0.300 e. The molecule has 1 amide bonds. The first-order valence-electron chi connectivity index (χ1n) is 10.1. The molecule has 6 heteroatoms. The first-order valence-corrected chi connectivity index (χ1v) is 10.1. The van der Waals surface area contributed by atoms with E-state index in [1.165, 1.54) is 4.90 Å². The second-order valence-electron chi connectivity index (χ2n) is 7.46. The number of aryl methyl sites for hydroxylation is 1. The molecule has 1 fully saturated rings. The minimum Gasteiger partial charge on any atom is -0.507 e. The summed E-state index contributed by atoms with van der Waals surface area (Å²) < 4.78 is 10.5. The zero-order valence-corrected chi connectivity index (χ0v) is 18.0. The lowest BCUT2D eigenvalue weighted by Gasteiger charge is -2.25. The van der Waals surface area contributed by atoms with Crippen LogP contribution in [-0.4, -0.2) is 31.0 Å². The molecule has 1 aliphatic rings. The van der Waals surface area contributed by atoms with Gasteiger partial charge in [0.1, 0.15) is 17.3 Å². The highest BCUT2D eigenvalue weighted by molar-refractivity contribution is 6.51. The Morgan fingerprint density at radius 3 is 2.19 bits per heavy atom. The van der Waals surface area contributed by atoms with Crippen LogP contribution < -0.4 is 14.4 Å². The molecule has 1 aliphatic heterocycles. The standard InChI is InChI=1S/C26H23NO5/c1-16-15-18(9-14-21(16)32-3)24(28)22-23(17-7-5-4-6-8-17)27(26(30)25(22)29)19-10-12-20(31-2)13-11-19/h4-15,23,28H,1-3H3/b24-22-. The maximum atomic E-state index is 13.2. The lowest BCUT2D eigenvalue weighted by molar-refractivity contribution is -0.132. The summed E-state index contributed by atoms with van der Waals surface area (Å²) in [5.41, 5.74) is 2.54. The summed E-state index contributed by atoms with van der Waals surface area (Å²) in [5, 5.41) is 11.2. The van der Waals surface area contributed by atoms with Gasteiger partial charge in [-0.05, 0) is 60.5 Å². The van der Waals surface area contributed by atoms with Gasteiger partial charge in [0.2, 0.25) is 0 Å². The van der Waals surface area contributed by atoms with Crippen molar-refractivity contribution in [2.45, 2.75) is 13.0 Å². The van der Waals surface area contributed by atoms with Crippen LogP contribution in [0.2, 0.25) is 0 Å². The zero-order chi connectivity index (χ0) is 22.8. The molecule has 0 spiro atoms. The Labute approximate surface area is 186 Å². The number of aliphatic hydroxyl groups excluding tert-OH is 1. The third kappa shape index (κ3) is 3.60. The highest BCUT2D eigenvalue weighted by Crippen LogP contribution is 2.42. The zero-order valence-electron chi connectivity index (χ0n) is 18.0. The topological polar surface area (TPSA) is 76.1 Å². The van der Waals surface area contributed by atoms with E-state index in [1.807, 2.05) is 37.3 Å². The second kappa shape index (κ2) is 8.59. The fourth-order valence-electron chi connectivity index (χ4n) is 3.97. The van der Waals surface area contributed by atoms with E-state index < -0.39 is 17.7 Å². The summed E-state index contributed by atoms with van der Waals surface area (Å²) in [6.07, 6.45) is 0. The number of hydrogen-bond acceptors (Lipinski definition) is 5. The number of rotatable bonds is 5. The van der Waals surface area contributed by atoms with Gasteiger partial charge in [-0.25, -0.2) is 0 Å². The van der Waals surface area contributed by atoms with Gasteiger partial charge in [0.15, 0.2) is 0 Å². The molecule has 1 heterocycles. The van der Waals surface area contributed by atoms with Crippen LogP contribution in [-0.2, 0) is 9.59 Å². The van der Waals surface area contributed by atoms with Crippen LogP contribution in [0, 0.1) is 6.92 Å². The quantitative estimate of drug-likeness (QED) is 0.363. The highest BCUT2D eigenvalue weighted by atomic mass is 16.5. The Morgan fingerprint density at radius 2 is 1.59 bits per heavy atom. The van der Waals surface area contributed by atoms with E-state index in [1.54, 1.807) is 56.7 Å². The van der Waals surface area contributed by atoms with E-state index in [9.17, 15) is 14.7 Å². The molecule has 4 rings (SSSR count). The molecule has 3 aromatic rings. The molecule has 3 aromatic carbocycles. The predicted octanol–water partition coefficient (Wildman–Crippen LogP) is 4.64. The van der Waals surface area contributed by atoms with Crippen LogP contribution >= 0.6 is 0 Å². The average Bonchev–Trinajstić information content (AvgIpc) is 3.09. The van der Waals surface area contributed by atoms with Gasteiger partial charge in [-0.1, -0.05) is 30.3 Å². The molecule has 0 aromatic heterocycles. The van der Waals surface area contributed by atoms with E-state index in [0.29, 0.717) is 28.3 Å². The molecule has 1 saturated heterocycles. The van der Waals surface area contributed by atoms with Crippen LogP contribution in [0.5, 0.6) is 11.5 Å². The Balaban J connectivity index is 1.90. The van der Waals surface area contributed by atoms with Crippen molar-refractivity contribution in [2.75, 3.05) is 19.1 Å². The number of nitrogens with zero attached hydrogens (tertiary/aromatic N) is 1. The predicted molar refractivity (Wildman–Crippen MR) is 122 cm³/mol. The number of amides is 1. The number of carbonyl (C=O) groups excluding carboxylic acids is 2. The number of methoxy groups -OCH3 is 2. The number of hydrogen-bond donors (Lipinski definition) is 1. The van der Waals surface area contributed by atoms with E-state index in [-0.39, 0.29) is 11.3 Å². The fourth-order valence-corrected chi connectivity index (χ4v) is 3.97. The Hall–Kier alpha value is -4.06. The van der Waals surface area contributed by atoms with Gasteiger partial charge in [0, 0.05) is 11.3 Å². The molecule has 32 heavy (non-hydrogen) atoms. The fraction of sp³-hybridized carbons (Fsp3) is 0.154. The Morgan fingerprint density at radius 1 is 0.906 bits per heavy atom. The van der Waals surface area contributed by atoms with E-state index >= 15 is 0 Å². The largest absolute Gasteiger partial charge is 0.507 e. The van der Waals surface area contributed by atoms with Crippen molar-refractivity contribution >= 4 is 23.1 Å². The van der Waals surface area contributed by atoms with Gasteiger partial charge in [-0.3, -0.25) is 14.5 Å². The van der Waals surface area contributed by atoms with Crippen molar-refractivity contribution < 1.29 is 24.2 Å². The lowest BCUT2D eigenvalue weighted by atomic mass is 9.94. The molecule has 0 bridgehead atoms. The van der Waals surface area contributed by atoms with Crippen molar-refractivity contribution in [1.29, 1.82) is 0 Å². The molecule has 6 nitrogen and oxygen atoms in total.